The van der Waals surface area contributed by atoms with Gasteiger partial charge in [0.2, 0.25) is 0 Å². The zero-order valence-electron chi connectivity index (χ0n) is 11.3. The van der Waals surface area contributed by atoms with Crippen molar-refractivity contribution >= 4 is 15.7 Å². The zero-order chi connectivity index (χ0) is 16.4. The van der Waals surface area contributed by atoms with Gasteiger partial charge >= 0.3 is 6.18 Å². The van der Waals surface area contributed by atoms with Gasteiger partial charge in [0, 0.05) is 12.3 Å². The second-order valence-electron chi connectivity index (χ2n) is 4.18. The summed E-state index contributed by atoms with van der Waals surface area (Å²) in [4.78, 5) is 2.85. The first-order chi connectivity index (χ1) is 10.3. The molecule has 0 amide bonds. The van der Waals surface area contributed by atoms with E-state index in [4.69, 9.17) is 4.74 Å². The third kappa shape index (κ3) is 3.30. The Labute approximate surface area is 124 Å². The molecule has 0 atom stereocenters. The lowest BCUT2D eigenvalue weighted by Gasteiger charge is -2.15. The first-order valence-electron chi connectivity index (χ1n) is 5.93. The average molecular weight is 332 g/mol. The minimum Gasteiger partial charge on any atom is -0.494 e. The van der Waals surface area contributed by atoms with Gasteiger partial charge in [-0.3, -0.25) is 9.71 Å². The van der Waals surface area contributed by atoms with Crippen molar-refractivity contribution < 1.29 is 26.3 Å². The van der Waals surface area contributed by atoms with E-state index in [1.165, 1.54) is 25.4 Å². The third-order valence-electron chi connectivity index (χ3n) is 2.73. The summed E-state index contributed by atoms with van der Waals surface area (Å²) >= 11 is 0. The third-order valence-corrected chi connectivity index (χ3v) is 4.15. The molecular weight excluding hydrogens is 321 g/mol. The fourth-order valence-electron chi connectivity index (χ4n) is 1.77. The molecule has 0 aliphatic carbocycles. The molecule has 0 aliphatic heterocycles. The smallest absolute Gasteiger partial charge is 0.417 e. The molecule has 9 heteroatoms. The van der Waals surface area contributed by atoms with Crippen molar-refractivity contribution in [1.29, 1.82) is 0 Å². The summed E-state index contributed by atoms with van der Waals surface area (Å²) in [6.07, 6.45) is -2.28. The van der Waals surface area contributed by atoms with Gasteiger partial charge in [-0.25, -0.2) is 8.42 Å². The maximum absolute atomic E-state index is 12.9. The molecular formula is C13H11F3N2O3S. The molecule has 2 rings (SSSR count). The lowest BCUT2D eigenvalue weighted by molar-refractivity contribution is -0.139. The standard InChI is InChI=1S/C13H11F3N2O3S/c1-21-11-6-7-17-8-10(11)18-22(19,20)12-5-3-2-4-9(12)13(14,15)16/h2-8,18H,1H3. The number of benzene rings is 1. The quantitative estimate of drug-likeness (QED) is 0.935. The molecule has 2 aromatic rings. The van der Waals surface area contributed by atoms with E-state index in [1.54, 1.807) is 0 Å². The highest BCUT2D eigenvalue weighted by Crippen LogP contribution is 2.35. The van der Waals surface area contributed by atoms with Crippen molar-refractivity contribution in [3.63, 3.8) is 0 Å². The van der Waals surface area contributed by atoms with E-state index in [2.05, 4.69) is 9.71 Å². The van der Waals surface area contributed by atoms with Gasteiger partial charge in [0.15, 0.2) is 0 Å². The second-order valence-corrected chi connectivity index (χ2v) is 5.83. The van der Waals surface area contributed by atoms with Gasteiger partial charge < -0.3 is 4.74 Å². The SMILES string of the molecule is COc1ccncc1NS(=O)(=O)c1ccccc1C(F)(F)F. The first kappa shape index (κ1) is 16.1. The summed E-state index contributed by atoms with van der Waals surface area (Å²) in [5.41, 5.74) is -1.30. The molecule has 0 spiro atoms. The van der Waals surface area contributed by atoms with Crippen LogP contribution < -0.4 is 9.46 Å². The predicted molar refractivity (Wildman–Crippen MR) is 73.0 cm³/mol. The fourth-order valence-corrected chi connectivity index (χ4v) is 3.06. The number of anilines is 1. The van der Waals surface area contributed by atoms with Crippen LogP contribution >= 0.6 is 0 Å². The van der Waals surface area contributed by atoms with Crippen molar-refractivity contribution in [2.75, 3.05) is 11.8 Å². The lowest BCUT2D eigenvalue weighted by atomic mass is 10.2. The van der Waals surface area contributed by atoms with Gasteiger partial charge in [-0.1, -0.05) is 12.1 Å². The monoisotopic (exact) mass is 332 g/mol. The van der Waals surface area contributed by atoms with E-state index >= 15 is 0 Å². The molecule has 0 aliphatic rings. The second kappa shape index (κ2) is 5.84. The van der Waals surface area contributed by atoms with E-state index in [1.807, 2.05) is 0 Å². The maximum Gasteiger partial charge on any atom is 0.417 e. The summed E-state index contributed by atoms with van der Waals surface area (Å²) in [5.74, 6) is 0.142. The van der Waals surface area contributed by atoms with Gasteiger partial charge in [-0.2, -0.15) is 13.2 Å². The minimum atomic E-state index is -4.79. The van der Waals surface area contributed by atoms with Crippen LogP contribution in [0.2, 0.25) is 0 Å². The number of halogens is 3. The molecule has 0 saturated heterocycles. The van der Waals surface area contributed by atoms with Gasteiger partial charge in [-0.05, 0) is 12.1 Å². The Morgan fingerprint density at radius 2 is 1.86 bits per heavy atom. The number of nitrogens with one attached hydrogen (secondary N) is 1. The molecule has 5 nitrogen and oxygen atoms in total. The summed E-state index contributed by atoms with van der Waals surface area (Å²) in [7, 11) is -3.15. The van der Waals surface area contributed by atoms with Gasteiger partial charge in [-0.15, -0.1) is 0 Å². The molecule has 0 saturated carbocycles. The van der Waals surface area contributed by atoms with Crippen molar-refractivity contribution in [2.24, 2.45) is 0 Å². The topological polar surface area (TPSA) is 68.3 Å². The van der Waals surface area contributed by atoms with Crippen LogP contribution in [0, 0.1) is 0 Å². The molecule has 118 valence electrons. The number of rotatable bonds is 4. The van der Waals surface area contributed by atoms with Crippen LogP contribution in [0.5, 0.6) is 5.75 Å². The van der Waals surface area contributed by atoms with Crippen LogP contribution in [-0.2, 0) is 16.2 Å². The largest absolute Gasteiger partial charge is 0.494 e. The van der Waals surface area contributed by atoms with E-state index in [9.17, 15) is 21.6 Å². The summed E-state index contributed by atoms with van der Waals surface area (Å²) in [6, 6.07) is 5.30. The predicted octanol–water partition coefficient (Wildman–Crippen LogP) is 2.91. The highest BCUT2D eigenvalue weighted by atomic mass is 32.2. The van der Waals surface area contributed by atoms with E-state index in [0.29, 0.717) is 6.07 Å². The molecule has 1 aromatic carbocycles. The Kier molecular flexibility index (Phi) is 4.27. The van der Waals surface area contributed by atoms with Crippen LogP contribution in [0.15, 0.2) is 47.6 Å². The Bertz CT molecular complexity index is 776. The minimum absolute atomic E-state index is 0.0537. The number of sulfonamides is 1. The van der Waals surface area contributed by atoms with Gasteiger partial charge in [0.25, 0.3) is 10.0 Å². The summed E-state index contributed by atoms with van der Waals surface area (Å²) in [5, 5.41) is 0. The Morgan fingerprint density at radius 3 is 2.50 bits per heavy atom. The van der Waals surface area contributed by atoms with E-state index in [0.717, 1.165) is 18.3 Å². The number of nitrogens with zero attached hydrogens (tertiary/aromatic N) is 1. The number of alkyl halides is 3. The van der Waals surface area contributed by atoms with E-state index < -0.39 is 26.7 Å². The molecule has 0 fully saturated rings. The maximum atomic E-state index is 12.9. The molecule has 1 aromatic heterocycles. The lowest BCUT2D eigenvalue weighted by Crippen LogP contribution is -2.19. The summed E-state index contributed by atoms with van der Waals surface area (Å²) < 4.78 is 70.3. The molecule has 0 radical (unpaired) electrons. The van der Waals surface area contributed by atoms with Crippen LogP contribution in [0.3, 0.4) is 0 Å². The number of hydrogen-bond donors (Lipinski definition) is 1. The molecule has 0 unspecified atom stereocenters. The van der Waals surface area contributed by atoms with Crippen LogP contribution in [0.1, 0.15) is 5.56 Å². The van der Waals surface area contributed by atoms with Crippen molar-refractivity contribution in [2.45, 2.75) is 11.1 Å². The van der Waals surface area contributed by atoms with Crippen molar-refractivity contribution in [3.8, 4) is 5.75 Å². The van der Waals surface area contributed by atoms with Gasteiger partial charge in [0.1, 0.15) is 11.4 Å². The van der Waals surface area contributed by atoms with Crippen LogP contribution in [-0.4, -0.2) is 20.5 Å². The molecule has 0 bridgehead atoms. The number of pyridine rings is 1. The number of aromatic nitrogens is 1. The number of methoxy groups -OCH3 is 1. The highest BCUT2D eigenvalue weighted by Gasteiger charge is 2.37. The van der Waals surface area contributed by atoms with E-state index in [-0.39, 0.29) is 11.4 Å². The Hall–Kier alpha value is -2.29. The Balaban J connectivity index is 2.49. The Morgan fingerprint density at radius 1 is 1.18 bits per heavy atom. The zero-order valence-corrected chi connectivity index (χ0v) is 12.1. The first-order valence-corrected chi connectivity index (χ1v) is 7.41. The van der Waals surface area contributed by atoms with Crippen molar-refractivity contribution in [1.82, 2.24) is 4.98 Å². The average Bonchev–Trinajstić information content (AvgIpc) is 2.46. The number of hydrogen-bond acceptors (Lipinski definition) is 4. The molecule has 1 N–H and O–H groups in total. The van der Waals surface area contributed by atoms with Crippen LogP contribution in [0.25, 0.3) is 0 Å². The summed E-state index contributed by atoms with van der Waals surface area (Å²) in [6.45, 7) is 0. The normalized spacial score (nSPS) is 12.0. The van der Waals surface area contributed by atoms with Gasteiger partial charge in [0.05, 0.1) is 23.8 Å². The van der Waals surface area contributed by atoms with Crippen LogP contribution in [0.4, 0.5) is 18.9 Å². The van der Waals surface area contributed by atoms with Crippen molar-refractivity contribution in [3.05, 3.63) is 48.3 Å². The highest BCUT2D eigenvalue weighted by molar-refractivity contribution is 7.92. The fraction of sp³-hybridized carbons (Fsp3) is 0.154. The molecule has 22 heavy (non-hydrogen) atoms. The molecule has 1 heterocycles. The number of ether oxygens (including phenoxy) is 1.